The Hall–Kier alpha value is -0.870. The predicted molar refractivity (Wildman–Crippen MR) is 54.0 cm³/mol. The van der Waals surface area contributed by atoms with Crippen molar-refractivity contribution in [2.75, 3.05) is 12.4 Å². The molecule has 0 bridgehead atoms. The van der Waals surface area contributed by atoms with Crippen LogP contribution in [0.25, 0.3) is 0 Å². The van der Waals surface area contributed by atoms with Gasteiger partial charge in [0.15, 0.2) is 0 Å². The number of carbonyl (C=O) groups excluding carboxylic acids is 1. The molecule has 0 spiro atoms. The topological polar surface area (TPSA) is 37.3 Å². The zero-order valence-electron chi connectivity index (χ0n) is 7.57. The van der Waals surface area contributed by atoms with Crippen LogP contribution >= 0.6 is 11.8 Å². The van der Waals surface area contributed by atoms with E-state index in [1.807, 2.05) is 0 Å². The molecule has 0 saturated carbocycles. The standard InChI is InChI=1S/C10H11FO2S/c11-10-7-9(14-6-5-13)2-1-8(10)3-4-12/h1-2,4,7,13H,3,5-6H2. The fourth-order valence-corrected chi connectivity index (χ4v) is 1.71. The van der Waals surface area contributed by atoms with Crippen LogP contribution in [0.4, 0.5) is 4.39 Å². The first-order valence-electron chi connectivity index (χ1n) is 4.23. The molecular weight excluding hydrogens is 203 g/mol. The third-order valence-electron chi connectivity index (χ3n) is 1.69. The Kier molecular flexibility index (Phi) is 4.62. The maximum Gasteiger partial charge on any atom is 0.127 e. The Labute approximate surface area is 86.1 Å². The smallest absolute Gasteiger partial charge is 0.127 e. The number of aldehydes is 1. The minimum Gasteiger partial charge on any atom is -0.396 e. The number of carbonyl (C=O) groups is 1. The molecule has 0 aliphatic carbocycles. The average molecular weight is 214 g/mol. The monoisotopic (exact) mass is 214 g/mol. The van der Waals surface area contributed by atoms with Crippen molar-refractivity contribution in [1.29, 1.82) is 0 Å². The number of hydrogen-bond donors (Lipinski definition) is 1. The molecule has 0 atom stereocenters. The summed E-state index contributed by atoms with van der Waals surface area (Å²) in [6.07, 6.45) is 0.787. The number of benzene rings is 1. The van der Waals surface area contributed by atoms with Crippen LogP contribution in [0.15, 0.2) is 23.1 Å². The summed E-state index contributed by atoms with van der Waals surface area (Å²) in [4.78, 5) is 10.9. The van der Waals surface area contributed by atoms with Gasteiger partial charge in [-0.05, 0) is 17.7 Å². The van der Waals surface area contributed by atoms with E-state index in [0.717, 1.165) is 4.90 Å². The molecule has 0 fully saturated rings. The van der Waals surface area contributed by atoms with E-state index in [9.17, 15) is 9.18 Å². The Balaban J connectivity index is 2.72. The summed E-state index contributed by atoms with van der Waals surface area (Å²) in [6, 6.07) is 4.74. The molecule has 0 aliphatic heterocycles. The lowest BCUT2D eigenvalue weighted by atomic mass is 10.1. The molecule has 2 nitrogen and oxygen atoms in total. The molecule has 0 saturated heterocycles. The summed E-state index contributed by atoms with van der Waals surface area (Å²) < 4.78 is 13.2. The van der Waals surface area contributed by atoms with E-state index in [2.05, 4.69) is 0 Å². The van der Waals surface area contributed by atoms with Gasteiger partial charge in [0.1, 0.15) is 12.1 Å². The maximum atomic E-state index is 13.2. The second-order valence-electron chi connectivity index (χ2n) is 2.70. The van der Waals surface area contributed by atoms with Crippen LogP contribution < -0.4 is 0 Å². The van der Waals surface area contributed by atoms with Crippen LogP contribution in [-0.4, -0.2) is 23.8 Å². The van der Waals surface area contributed by atoms with Crippen LogP contribution in [-0.2, 0) is 11.2 Å². The lowest BCUT2D eigenvalue weighted by Crippen LogP contribution is -1.92. The third-order valence-corrected chi connectivity index (χ3v) is 2.66. The zero-order chi connectivity index (χ0) is 10.4. The quantitative estimate of drug-likeness (QED) is 0.598. The minimum absolute atomic E-state index is 0.0718. The molecule has 4 heteroatoms. The summed E-state index contributed by atoms with van der Waals surface area (Å²) in [5.41, 5.74) is 0.411. The van der Waals surface area contributed by atoms with Crippen LogP contribution in [0.3, 0.4) is 0 Å². The van der Waals surface area contributed by atoms with E-state index < -0.39 is 0 Å². The first-order valence-corrected chi connectivity index (χ1v) is 5.22. The van der Waals surface area contributed by atoms with Gasteiger partial charge in [-0.2, -0.15) is 0 Å². The molecule has 1 rings (SSSR count). The number of rotatable bonds is 5. The highest BCUT2D eigenvalue weighted by molar-refractivity contribution is 7.99. The lowest BCUT2D eigenvalue weighted by Gasteiger charge is -2.02. The minimum atomic E-state index is -0.361. The van der Waals surface area contributed by atoms with Crippen molar-refractivity contribution in [2.45, 2.75) is 11.3 Å². The van der Waals surface area contributed by atoms with Gasteiger partial charge in [-0.25, -0.2) is 4.39 Å². The number of halogens is 1. The van der Waals surface area contributed by atoms with Gasteiger partial charge in [0, 0.05) is 17.1 Å². The summed E-state index contributed by atoms with van der Waals surface area (Å²) >= 11 is 1.38. The normalized spacial score (nSPS) is 10.1. The number of hydrogen-bond acceptors (Lipinski definition) is 3. The first-order chi connectivity index (χ1) is 6.77. The molecule has 1 aromatic carbocycles. The van der Waals surface area contributed by atoms with Crippen molar-refractivity contribution in [2.24, 2.45) is 0 Å². The number of aliphatic hydroxyl groups is 1. The Morgan fingerprint density at radius 1 is 1.50 bits per heavy atom. The van der Waals surface area contributed by atoms with Crippen molar-refractivity contribution in [3.05, 3.63) is 29.6 Å². The molecule has 0 radical (unpaired) electrons. The average Bonchev–Trinajstić information content (AvgIpc) is 2.19. The van der Waals surface area contributed by atoms with Crippen molar-refractivity contribution in [3.63, 3.8) is 0 Å². The molecular formula is C10H11FO2S. The zero-order valence-corrected chi connectivity index (χ0v) is 8.39. The third kappa shape index (κ3) is 3.12. The molecule has 0 aromatic heterocycles. The van der Waals surface area contributed by atoms with E-state index in [1.54, 1.807) is 12.1 Å². The summed E-state index contributed by atoms with van der Waals surface area (Å²) in [6.45, 7) is 0.0718. The van der Waals surface area contributed by atoms with Crippen molar-refractivity contribution < 1.29 is 14.3 Å². The molecule has 0 unspecified atom stereocenters. The van der Waals surface area contributed by atoms with Crippen molar-refractivity contribution >= 4 is 18.0 Å². The second kappa shape index (κ2) is 5.78. The Morgan fingerprint density at radius 2 is 2.29 bits per heavy atom. The first kappa shape index (κ1) is 11.2. The van der Waals surface area contributed by atoms with Gasteiger partial charge >= 0.3 is 0 Å². The van der Waals surface area contributed by atoms with E-state index in [0.29, 0.717) is 17.6 Å². The van der Waals surface area contributed by atoms with E-state index in [1.165, 1.54) is 17.8 Å². The van der Waals surface area contributed by atoms with Gasteiger partial charge < -0.3 is 9.90 Å². The lowest BCUT2D eigenvalue weighted by molar-refractivity contribution is -0.107. The highest BCUT2D eigenvalue weighted by Crippen LogP contribution is 2.20. The highest BCUT2D eigenvalue weighted by atomic mass is 32.2. The van der Waals surface area contributed by atoms with Gasteiger partial charge in [0.05, 0.1) is 6.61 Å². The molecule has 0 amide bonds. The SMILES string of the molecule is O=CCc1ccc(SCCO)cc1F. The molecule has 14 heavy (non-hydrogen) atoms. The van der Waals surface area contributed by atoms with Gasteiger partial charge in [-0.1, -0.05) is 6.07 Å². The maximum absolute atomic E-state index is 13.2. The van der Waals surface area contributed by atoms with Crippen molar-refractivity contribution in [1.82, 2.24) is 0 Å². The summed E-state index contributed by atoms with van der Waals surface area (Å²) in [5.74, 6) is 0.187. The number of thioether (sulfide) groups is 1. The fraction of sp³-hybridized carbons (Fsp3) is 0.300. The molecule has 0 heterocycles. The fourth-order valence-electron chi connectivity index (χ4n) is 1.04. The largest absolute Gasteiger partial charge is 0.396 e. The van der Waals surface area contributed by atoms with E-state index in [4.69, 9.17) is 5.11 Å². The molecule has 76 valence electrons. The Morgan fingerprint density at radius 3 is 2.86 bits per heavy atom. The van der Waals surface area contributed by atoms with Crippen LogP contribution in [0.5, 0.6) is 0 Å². The summed E-state index contributed by atoms with van der Waals surface area (Å²) in [5, 5.41) is 8.57. The van der Waals surface area contributed by atoms with Crippen LogP contribution in [0.2, 0.25) is 0 Å². The van der Waals surface area contributed by atoms with Gasteiger partial charge in [-0.15, -0.1) is 11.8 Å². The van der Waals surface area contributed by atoms with Crippen LogP contribution in [0, 0.1) is 5.82 Å². The van der Waals surface area contributed by atoms with Gasteiger partial charge in [-0.3, -0.25) is 0 Å². The van der Waals surface area contributed by atoms with E-state index >= 15 is 0 Å². The van der Waals surface area contributed by atoms with Crippen LogP contribution in [0.1, 0.15) is 5.56 Å². The summed E-state index contributed by atoms with van der Waals surface area (Å²) in [7, 11) is 0. The van der Waals surface area contributed by atoms with Gasteiger partial charge in [0.2, 0.25) is 0 Å². The predicted octanol–water partition coefficient (Wildman–Crippen LogP) is 1.65. The second-order valence-corrected chi connectivity index (χ2v) is 3.86. The van der Waals surface area contributed by atoms with Gasteiger partial charge in [0.25, 0.3) is 0 Å². The van der Waals surface area contributed by atoms with Crippen molar-refractivity contribution in [3.8, 4) is 0 Å². The van der Waals surface area contributed by atoms with E-state index in [-0.39, 0.29) is 18.8 Å². The molecule has 1 N–H and O–H groups in total. The number of aliphatic hydroxyl groups excluding tert-OH is 1. The Bertz CT molecular complexity index is 315. The molecule has 1 aromatic rings. The highest BCUT2D eigenvalue weighted by Gasteiger charge is 2.02. The molecule has 0 aliphatic rings.